The van der Waals surface area contributed by atoms with E-state index in [0.29, 0.717) is 19.3 Å². The summed E-state index contributed by atoms with van der Waals surface area (Å²) in [7, 11) is 0. The fraction of sp³-hybridized carbons (Fsp3) is 0.980. The lowest BCUT2D eigenvalue weighted by Gasteiger charge is -2.40. The van der Waals surface area contributed by atoms with Crippen LogP contribution in [0.5, 0.6) is 0 Å². The van der Waals surface area contributed by atoms with E-state index in [0.717, 1.165) is 38.5 Å². The molecule has 11 nitrogen and oxygen atoms in total. The van der Waals surface area contributed by atoms with Crippen LogP contribution in [0, 0.1) is 0 Å². The molecule has 0 spiro atoms. The van der Waals surface area contributed by atoms with Crippen molar-refractivity contribution in [1.29, 1.82) is 0 Å². The molecule has 1 amide bonds. The Labute approximate surface area is 379 Å². The largest absolute Gasteiger partial charge is 0.394 e. The van der Waals surface area contributed by atoms with E-state index in [2.05, 4.69) is 19.2 Å². The van der Waals surface area contributed by atoms with Gasteiger partial charge in [-0.3, -0.25) is 4.79 Å². The Kier molecular flexibility index (Phi) is 39.6. The summed E-state index contributed by atoms with van der Waals surface area (Å²) in [5.41, 5.74) is 0. The highest BCUT2D eigenvalue weighted by molar-refractivity contribution is 5.80. The van der Waals surface area contributed by atoms with Crippen molar-refractivity contribution >= 4 is 5.91 Å². The maximum Gasteiger partial charge on any atom is 0.249 e. The zero-order chi connectivity index (χ0) is 45.5. The third-order valence-electron chi connectivity index (χ3n) is 13.2. The Morgan fingerprint density at radius 3 is 1.19 bits per heavy atom. The van der Waals surface area contributed by atoms with E-state index < -0.39 is 74.2 Å². The molecule has 0 radical (unpaired) electrons. The summed E-state index contributed by atoms with van der Waals surface area (Å²) in [6.07, 6.45) is 32.9. The fourth-order valence-corrected chi connectivity index (χ4v) is 8.80. The topological polar surface area (TPSA) is 189 Å². The molecule has 8 N–H and O–H groups in total. The maximum absolute atomic E-state index is 13.1. The van der Waals surface area contributed by atoms with Crippen LogP contribution in [-0.4, -0.2) is 110 Å². The first-order chi connectivity index (χ1) is 30.2. The molecule has 0 aromatic carbocycles. The monoisotopic (exact) mass is 888 g/mol. The molecule has 1 aliphatic heterocycles. The van der Waals surface area contributed by atoms with Crippen molar-refractivity contribution in [2.45, 2.75) is 306 Å². The van der Waals surface area contributed by atoms with Gasteiger partial charge in [0.25, 0.3) is 0 Å². The van der Waals surface area contributed by atoms with Crippen LogP contribution in [0.25, 0.3) is 0 Å². The van der Waals surface area contributed by atoms with Gasteiger partial charge in [0, 0.05) is 0 Å². The normalized spacial score (nSPS) is 21.2. The maximum atomic E-state index is 13.1. The molecule has 370 valence electrons. The van der Waals surface area contributed by atoms with E-state index in [1.165, 1.54) is 173 Å². The van der Waals surface area contributed by atoms with E-state index in [9.17, 15) is 40.5 Å². The van der Waals surface area contributed by atoms with Crippen LogP contribution in [0.2, 0.25) is 0 Å². The molecule has 11 heteroatoms. The predicted molar refractivity (Wildman–Crippen MR) is 252 cm³/mol. The molecule has 0 saturated carbocycles. The van der Waals surface area contributed by atoms with Gasteiger partial charge in [-0.25, -0.2) is 0 Å². The first kappa shape index (κ1) is 59.1. The zero-order valence-corrected chi connectivity index (χ0v) is 40.1. The quantitative estimate of drug-likeness (QED) is 0.0273. The third kappa shape index (κ3) is 30.3. The molecule has 1 rings (SSSR count). The molecule has 0 aliphatic carbocycles. The first-order valence-electron chi connectivity index (χ1n) is 26.4. The van der Waals surface area contributed by atoms with Crippen molar-refractivity contribution in [1.82, 2.24) is 5.32 Å². The molecule has 0 aromatic heterocycles. The number of ether oxygens (including phenoxy) is 2. The van der Waals surface area contributed by atoms with Crippen LogP contribution in [-0.2, 0) is 14.3 Å². The molecule has 1 fully saturated rings. The molecule has 62 heavy (non-hydrogen) atoms. The fourth-order valence-electron chi connectivity index (χ4n) is 8.80. The summed E-state index contributed by atoms with van der Waals surface area (Å²) in [5.74, 6) is -0.692. The summed E-state index contributed by atoms with van der Waals surface area (Å²) in [5, 5.41) is 75.9. The molecule has 1 aliphatic rings. The van der Waals surface area contributed by atoms with E-state index in [4.69, 9.17) is 9.47 Å². The number of amides is 1. The van der Waals surface area contributed by atoms with Crippen molar-refractivity contribution in [3.05, 3.63) is 0 Å². The van der Waals surface area contributed by atoms with Gasteiger partial charge in [0.2, 0.25) is 5.91 Å². The third-order valence-corrected chi connectivity index (χ3v) is 13.2. The van der Waals surface area contributed by atoms with E-state index >= 15 is 0 Å². The lowest BCUT2D eigenvalue weighted by Crippen LogP contribution is -2.60. The van der Waals surface area contributed by atoms with Gasteiger partial charge in [0.15, 0.2) is 6.29 Å². The minimum atomic E-state index is -1.66. The van der Waals surface area contributed by atoms with Gasteiger partial charge in [0.1, 0.15) is 36.6 Å². The van der Waals surface area contributed by atoms with Gasteiger partial charge in [-0.1, -0.05) is 239 Å². The first-order valence-corrected chi connectivity index (χ1v) is 26.4. The average Bonchev–Trinajstić information content (AvgIpc) is 3.27. The van der Waals surface area contributed by atoms with Crippen LogP contribution < -0.4 is 5.32 Å². The molecule has 1 heterocycles. The van der Waals surface area contributed by atoms with Gasteiger partial charge < -0.3 is 50.5 Å². The number of hydrogen-bond acceptors (Lipinski definition) is 10. The number of aliphatic hydroxyl groups excluding tert-OH is 7. The number of carbonyl (C=O) groups is 1. The van der Waals surface area contributed by atoms with E-state index in [1.54, 1.807) is 0 Å². The number of nitrogens with one attached hydrogen (secondary N) is 1. The number of hydrogen-bond donors (Lipinski definition) is 8. The molecule has 0 bridgehead atoms. The van der Waals surface area contributed by atoms with Crippen LogP contribution in [0.3, 0.4) is 0 Å². The average molecular weight is 888 g/mol. The van der Waals surface area contributed by atoms with E-state index in [1.807, 2.05) is 0 Å². The SMILES string of the molecule is CCCCCCCCCCCCCCCCCCCCCCCC[C@@H](O)C(=O)N[C@@H](CO[C@H]1O[C@@H](CO)[C@H](O)[C@H](O)[C@@H]1O)[C@H](O)[C@H](O)CCCCCCCCCCCCCCC. The lowest BCUT2D eigenvalue weighted by molar-refractivity contribution is -0.303. The summed E-state index contributed by atoms with van der Waals surface area (Å²) >= 11 is 0. The Balaban J connectivity index is 2.32. The van der Waals surface area contributed by atoms with Crippen LogP contribution in [0.1, 0.15) is 251 Å². The zero-order valence-electron chi connectivity index (χ0n) is 40.1. The van der Waals surface area contributed by atoms with Gasteiger partial charge in [-0.15, -0.1) is 0 Å². The summed E-state index contributed by atoms with van der Waals surface area (Å²) in [6.45, 7) is 3.47. The van der Waals surface area contributed by atoms with Crippen LogP contribution in [0.15, 0.2) is 0 Å². The molecule has 1 saturated heterocycles. The van der Waals surface area contributed by atoms with Crippen LogP contribution >= 0.6 is 0 Å². The van der Waals surface area contributed by atoms with Crippen molar-refractivity contribution in [3.63, 3.8) is 0 Å². The summed E-state index contributed by atoms with van der Waals surface area (Å²) in [6, 6.07) is -1.16. The summed E-state index contributed by atoms with van der Waals surface area (Å²) in [4.78, 5) is 13.1. The van der Waals surface area contributed by atoms with Gasteiger partial charge in [-0.2, -0.15) is 0 Å². The highest BCUT2D eigenvalue weighted by Crippen LogP contribution is 2.23. The Morgan fingerprint density at radius 1 is 0.500 bits per heavy atom. The van der Waals surface area contributed by atoms with Gasteiger partial charge >= 0.3 is 0 Å². The number of rotatable bonds is 45. The second kappa shape index (κ2) is 41.5. The Morgan fingerprint density at radius 2 is 0.839 bits per heavy atom. The standard InChI is InChI=1S/C51H101NO10/c1-3-5-7-9-11-13-15-17-18-19-20-21-22-23-24-25-27-29-31-33-35-37-39-44(55)50(60)52-42(41-61-51-49(59)48(58)47(57)45(40-53)62-51)46(56)43(54)38-36-34-32-30-28-26-16-14-12-10-8-6-4-2/h42-49,51,53-59H,3-41H2,1-2H3,(H,52,60)/t42-,43+,44+,45-,46-,47-,48-,49-,51-/m0/s1. The highest BCUT2D eigenvalue weighted by Gasteiger charge is 2.44. The van der Waals surface area contributed by atoms with Crippen molar-refractivity contribution in [2.24, 2.45) is 0 Å². The lowest BCUT2D eigenvalue weighted by atomic mass is 9.98. The summed E-state index contributed by atoms with van der Waals surface area (Å²) < 4.78 is 11.1. The second-order valence-corrected chi connectivity index (χ2v) is 19.0. The minimum absolute atomic E-state index is 0.267. The molecule has 0 unspecified atom stereocenters. The van der Waals surface area contributed by atoms with Crippen molar-refractivity contribution < 1.29 is 50.0 Å². The van der Waals surface area contributed by atoms with Gasteiger partial charge in [-0.05, 0) is 12.8 Å². The van der Waals surface area contributed by atoms with Crippen molar-refractivity contribution in [2.75, 3.05) is 13.2 Å². The molecule has 0 aromatic rings. The smallest absolute Gasteiger partial charge is 0.249 e. The Bertz CT molecular complexity index is 975. The number of aliphatic hydroxyl groups is 7. The molecular formula is C51H101NO10. The Hall–Kier alpha value is -0.890. The number of unbranched alkanes of at least 4 members (excludes halogenated alkanes) is 33. The second-order valence-electron chi connectivity index (χ2n) is 19.0. The minimum Gasteiger partial charge on any atom is -0.394 e. The molecular weight excluding hydrogens is 787 g/mol. The number of carbonyl (C=O) groups excluding carboxylic acids is 1. The molecule has 9 atom stereocenters. The predicted octanol–water partition coefficient (Wildman–Crippen LogP) is 9.84. The van der Waals surface area contributed by atoms with Crippen LogP contribution in [0.4, 0.5) is 0 Å². The van der Waals surface area contributed by atoms with Gasteiger partial charge in [0.05, 0.1) is 25.4 Å². The van der Waals surface area contributed by atoms with E-state index in [-0.39, 0.29) is 6.42 Å². The highest BCUT2D eigenvalue weighted by atomic mass is 16.7. The van der Waals surface area contributed by atoms with Crippen molar-refractivity contribution in [3.8, 4) is 0 Å².